The van der Waals surface area contributed by atoms with E-state index in [9.17, 15) is 0 Å². The topological polar surface area (TPSA) is 47.7 Å². The number of fused-ring (bicyclic) bond motifs is 1. The quantitative estimate of drug-likeness (QED) is 0.885. The Labute approximate surface area is 115 Å². The molecule has 0 bridgehead atoms. The Kier molecular flexibility index (Phi) is 4.32. The van der Waals surface area contributed by atoms with E-state index in [-0.39, 0.29) is 0 Å². The predicted octanol–water partition coefficient (Wildman–Crippen LogP) is 2.14. The van der Waals surface area contributed by atoms with Crippen LogP contribution in [-0.4, -0.2) is 31.3 Å². The third-order valence-corrected chi connectivity index (χ3v) is 3.83. The van der Waals surface area contributed by atoms with Gasteiger partial charge in [-0.15, -0.1) is 0 Å². The van der Waals surface area contributed by atoms with Crippen LogP contribution >= 0.6 is 0 Å². The molecule has 106 valence electrons. The van der Waals surface area contributed by atoms with Crippen molar-refractivity contribution in [1.82, 2.24) is 4.90 Å². The molecule has 1 aromatic rings. The number of aryl methyl sites for hydroxylation is 1. The monoisotopic (exact) mass is 264 g/mol. The highest BCUT2D eigenvalue weighted by Crippen LogP contribution is 2.35. The number of benzene rings is 1. The zero-order chi connectivity index (χ0) is 14.0. The molecule has 0 fully saturated rings. The van der Waals surface area contributed by atoms with E-state index in [4.69, 9.17) is 15.2 Å². The molecule has 1 atom stereocenters. The lowest BCUT2D eigenvalue weighted by Gasteiger charge is -2.30. The van der Waals surface area contributed by atoms with Gasteiger partial charge in [-0.1, -0.05) is 13.8 Å². The van der Waals surface area contributed by atoms with Crippen LogP contribution in [-0.2, 0) is 6.54 Å². The largest absolute Gasteiger partial charge is 0.454 e. The van der Waals surface area contributed by atoms with E-state index < -0.39 is 0 Å². The van der Waals surface area contributed by atoms with E-state index in [1.807, 2.05) is 0 Å². The van der Waals surface area contributed by atoms with Crippen LogP contribution in [0.4, 0.5) is 0 Å². The molecule has 19 heavy (non-hydrogen) atoms. The van der Waals surface area contributed by atoms with E-state index in [0.717, 1.165) is 18.0 Å². The zero-order valence-corrected chi connectivity index (χ0v) is 12.3. The van der Waals surface area contributed by atoms with Crippen molar-refractivity contribution in [2.24, 2.45) is 11.7 Å². The zero-order valence-electron chi connectivity index (χ0n) is 12.3. The number of hydrogen-bond donors (Lipinski definition) is 1. The van der Waals surface area contributed by atoms with Crippen molar-refractivity contribution in [3.8, 4) is 11.5 Å². The van der Waals surface area contributed by atoms with Crippen molar-refractivity contribution < 1.29 is 9.47 Å². The Balaban J connectivity index is 2.15. The Bertz CT molecular complexity index is 446. The SMILES string of the molecule is Cc1cc2c(cc1CN(C)C(CN)C(C)C)OCO2. The van der Waals surface area contributed by atoms with Crippen molar-refractivity contribution in [3.63, 3.8) is 0 Å². The van der Waals surface area contributed by atoms with Gasteiger partial charge in [-0.25, -0.2) is 0 Å². The molecular formula is C15H24N2O2. The average molecular weight is 264 g/mol. The molecule has 0 amide bonds. The molecule has 4 nitrogen and oxygen atoms in total. The fourth-order valence-corrected chi connectivity index (χ4v) is 2.60. The lowest BCUT2D eigenvalue weighted by Crippen LogP contribution is -2.41. The van der Waals surface area contributed by atoms with Gasteiger partial charge in [0.2, 0.25) is 6.79 Å². The maximum absolute atomic E-state index is 5.87. The molecule has 0 aromatic heterocycles. The van der Waals surface area contributed by atoms with Crippen molar-refractivity contribution in [1.29, 1.82) is 0 Å². The Morgan fingerprint density at radius 1 is 1.26 bits per heavy atom. The highest BCUT2D eigenvalue weighted by Gasteiger charge is 2.20. The maximum Gasteiger partial charge on any atom is 0.231 e. The lowest BCUT2D eigenvalue weighted by atomic mass is 10.0. The number of nitrogens with two attached hydrogens (primary N) is 1. The summed E-state index contributed by atoms with van der Waals surface area (Å²) < 4.78 is 10.8. The molecule has 0 radical (unpaired) electrons. The van der Waals surface area contributed by atoms with Crippen molar-refractivity contribution >= 4 is 0 Å². The molecule has 0 saturated heterocycles. The summed E-state index contributed by atoms with van der Waals surface area (Å²) in [5, 5.41) is 0. The van der Waals surface area contributed by atoms with Crippen LogP contribution in [0.1, 0.15) is 25.0 Å². The molecule has 0 spiro atoms. The van der Waals surface area contributed by atoms with Crippen LogP contribution in [0.5, 0.6) is 11.5 Å². The smallest absolute Gasteiger partial charge is 0.231 e. The second kappa shape index (κ2) is 5.80. The fourth-order valence-electron chi connectivity index (χ4n) is 2.60. The van der Waals surface area contributed by atoms with Gasteiger partial charge in [0.05, 0.1) is 0 Å². The molecule has 1 aromatic carbocycles. The summed E-state index contributed by atoms with van der Waals surface area (Å²) in [4.78, 5) is 2.31. The van der Waals surface area contributed by atoms with E-state index in [1.54, 1.807) is 0 Å². The molecular weight excluding hydrogens is 240 g/mol. The predicted molar refractivity (Wildman–Crippen MR) is 76.4 cm³/mol. The van der Waals surface area contributed by atoms with Gasteiger partial charge in [-0.05, 0) is 43.1 Å². The molecule has 1 aliphatic heterocycles. The Morgan fingerprint density at radius 3 is 2.47 bits per heavy atom. The van der Waals surface area contributed by atoms with E-state index in [2.05, 4.69) is 44.9 Å². The summed E-state index contributed by atoms with van der Waals surface area (Å²) in [5.41, 5.74) is 8.37. The van der Waals surface area contributed by atoms with E-state index >= 15 is 0 Å². The molecule has 1 aliphatic rings. The summed E-state index contributed by atoms with van der Waals surface area (Å²) in [5.74, 6) is 2.25. The van der Waals surface area contributed by atoms with Crippen LogP contribution in [0.15, 0.2) is 12.1 Å². The molecule has 1 unspecified atom stereocenters. The Morgan fingerprint density at radius 2 is 1.89 bits per heavy atom. The summed E-state index contributed by atoms with van der Waals surface area (Å²) in [7, 11) is 2.13. The lowest BCUT2D eigenvalue weighted by molar-refractivity contribution is 0.173. The van der Waals surface area contributed by atoms with E-state index in [0.29, 0.717) is 25.3 Å². The van der Waals surface area contributed by atoms with Gasteiger partial charge >= 0.3 is 0 Å². The number of nitrogens with zero attached hydrogens (tertiary/aromatic N) is 1. The van der Waals surface area contributed by atoms with Crippen LogP contribution in [0, 0.1) is 12.8 Å². The molecule has 4 heteroatoms. The van der Waals surface area contributed by atoms with Gasteiger partial charge < -0.3 is 15.2 Å². The summed E-state index contributed by atoms with van der Waals surface area (Å²) in [6.07, 6.45) is 0. The van der Waals surface area contributed by atoms with Gasteiger partial charge in [-0.2, -0.15) is 0 Å². The third kappa shape index (κ3) is 3.01. The number of hydrogen-bond acceptors (Lipinski definition) is 4. The minimum atomic E-state index is 0.325. The first-order chi connectivity index (χ1) is 9.02. The first kappa shape index (κ1) is 14.2. The van der Waals surface area contributed by atoms with Crippen molar-refractivity contribution in [3.05, 3.63) is 23.3 Å². The highest BCUT2D eigenvalue weighted by atomic mass is 16.7. The second-order valence-electron chi connectivity index (χ2n) is 5.59. The average Bonchev–Trinajstić information content (AvgIpc) is 2.76. The standard InChI is InChI=1S/C15H24N2O2/c1-10(2)13(7-16)17(4)8-12-6-15-14(5-11(12)3)18-9-19-15/h5-6,10,13H,7-9,16H2,1-4H3. The second-order valence-corrected chi connectivity index (χ2v) is 5.59. The maximum atomic E-state index is 5.87. The summed E-state index contributed by atoms with van der Waals surface area (Å²) in [6, 6.07) is 4.53. The van der Waals surface area contributed by atoms with Crippen LogP contribution in [0.25, 0.3) is 0 Å². The summed E-state index contributed by atoms with van der Waals surface area (Å²) in [6.45, 7) is 8.41. The normalized spacial score (nSPS) is 15.3. The van der Waals surface area contributed by atoms with Gasteiger partial charge in [0.25, 0.3) is 0 Å². The molecule has 0 saturated carbocycles. The third-order valence-electron chi connectivity index (χ3n) is 3.83. The van der Waals surface area contributed by atoms with Crippen molar-refractivity contribution in [2.75, 3.05) is 20.4 Å². The van der Waals surface area contributed by atoms with Gasteiger partial charge in [0.1, 0.15) is 0 Å². The minimum Gasteiger partial charge on any atom is -0.454 e. The fraction of sp³-hybridized carbons (Fsp3) is 0.600. The number of rotatable bonds is 5. The van der Waals surface area contributed by atoms with Gasteiger partial charge in [0.15, 0.2) is 11.5 Å². The van der Waals surface area contributed by atoms with Crippen molar-refractivity contribution in [2.45, 2.75) is 33.4 Å². The Hall–Kier alpha value is -1.26. The first-order valence-electron chi connectivity index (χ1n) is 6.82. The van der Waals surface area contributed by atoms with Crippen LogP contribution < -0.4 is 15.2 Å². The minimum absolute atomic E-state index is 0.325. The molecule has 2 rings (SSSR count). The molecule has 0 aliphatic carbocycles. The van der Waals surface area contributed by atoms with Gasteiger partial charge in [-0.3, -0.25) is 4.90 Å². The van der Waals surface area contributed by atoms with E-state index in [1.165, 1.54) is 11.1 Å². The summed E-state index contributed by atoms with van der Waals surface area (Å²) >= 11 is 0. The van der Waals surface area contributed by atoms with Crippen LogP contribution in [0.3, 0.4) is 0 Å². The van der Waals surface area contributed by atoms with Crippen LogP contribution in [0.2, 0.25) is 0 Å². The number of likely N-dealkylation sites (N-methyl/N-ethyl adjacent to an activating group) is 1. The number of ether oxygens (including phenoxy) is 2. The molecule has 2 N–H and O–H groups in total. The molecule has 1 heterocycles. The first-order valence-corrected chi connectivity index (χ1v) is 6.82. The highest BCUT2D eigenvalue weighted by molar-refractivity contribution is 5.48. The van der Waals surface area contributed by atoms with Gasteiger partial charge in [0, 0.05) is 19.1 Å².